The quantitative estimate of drug-likeness (QED) is 0.394. The molecule has 0 aromatic rings. The first-order chi connectivity index (χ1) is 11.6. The average Bonchev–Trinajstić information content (AvgIpc) is 2.52. The molecule has 10 heteroatoms. The van der Waals surface area contributed by atoms with Crippen LogP contribution >= 0.6 is 0 Å². The molecule has 0 rings (SSSR count). The third kappa shape index (κ3) is 19.7. The highest BCUT2D eigenvalue weighted by molar-refractivity contribution is 5.62. The van der Waals surface area contributed by atoms with E-state index in [4.69, 9.17) is 15.1 Å². The van der Waals surface area contributed by atoms with Gasteiger partial charge in [0.25, 0.3) is 0 Å². The van der Waals surface area contributed by atoms with Gasteiger partial charge < -0.3 is 14.6 Å². The predicted molar refractivity (Wildman–Crippen MR) is 84.8 cm³/mol. The summed E-state index contributed by atoms with van der Waals surface area (Å²) in [5.74, 6) is 0.275. The van der Waals surface area contributed by atoms with Crippen LogP contribution in [0.25, 0.3) is 0 Å². The Morgan fingerprint density at radius 2 is 1.64 bits per heavy atom. The first-order valence-electron chi connectivity index (χ1n) is 7.84. The van der Waals surface area contributed by atoms with E-state index in [2.05, 4.69) is 26.3 Å². The molecule has 0 radical (unpaired) electrons. The van der Waals surface area contributed by atoms with Crippen LogP contribution in [-0.2, 0) is 24.1 Å². The summed E-state index contributed by atoms with van der Waals surface area (Å²) in [6.45, 7) is 9.32. The molecule has 0 aliphatic carbocycles. The Balaban J connectivity index is 0. The van der Waals surface area contributed by atoms with Crippen molar-refractivity contribution in [2.45, 2.75) is 65.9 Å². The smallest absolute Gasteiger partial charge is 0.447 e. The second-order valence-electron chi connectivity index (χ2n) is 5.97. The van der Waals surface area contributed by atoms with Crippen molar-refractivity contribution in [3.05, 3.63) is 0 Å². The largest absolute Gasteiger partial charge is 0.550 e. The number of ether oxygens (including phenoxy) is 2. The molecule has 10 nitrogen and oxygen atoms in total. The summed E-state index contributed by atoms with van der Waals surface area (Å²) in [6.07, 6.45) is 0.133. The van der Waals surface area contributed by atoms with E-state index in [-0.39, 0.29) is 12.5 Å². The van der Waals surface area contributed by atoms with Crippen molar-refractivity contribution in [1.82, 2.24) is 0 Å². The highest BCUT2D eigenvalue weighted by Crippen LogP contribution is 2.13. The van der Waals surface area contributed by atoms with Gasteiger partial charge in [-0.05, 0) is 33.1 Å². The van der Waals surface area contributed by atoms with Gasteiger partial charge in [0, 0.05) is 0 Å². The van der Waals surface area contributed by atoms with Gasteiger partial charge >= 0.3 is 18.5 Å². The zero-order valence-corrected chi connectivity index (χ0v) is 15.3. The lowest BCUT2D eigenvalue weighted by atomic mass is 10.0. The second kappa shape index (κ2) is 14.1. The van der Waals surface area contributed by atoms with Crippen LogP contribution in [0.3, 0.4) is 0 Å². The van der Waals surface area contributed by atoms with E-state index in [1.165, 1.54) is 0 Å². The first-order valence-corrected chi connectivity index (χ1v) is 7.84. The van der Waals surface area contributed by atoms with E-state index in [0.29, 0.717) is 0 Å². The molecule has 0 aliphatic rings. The van der Waals surface area contributed by atoms with E-state index in [0.717, 1.165) is 25.7 Å². The normalized spacial score (nSPS) is 11.3. The van der Waals surface area contributed by atoms with Gasteiger partial charge in [-0.15, -0.1) is 0 Å². The van der Waals surface area contributed by atoms with E-state index in [1.807, 2.05) is 6.92 Å². The molecule has 0 heterocycles. The van der Waals surface area contributed by atoms with Crippen LogP contribution in [-0.4, -0.2) is 41.0 Å². The van der Waals surface area contributed by atoms with Crippen LogP contribution in [0.5, 0.6) is 0 Å². The molecule has 1 unspecified atom stereocenters. The average molecular weight is 368 g/mol. The third-order valence-electron chi connectivity index (χ3n) is 2.63. The van der Waals surface area contributed by atoms with Gasteiger partial charge in [-0.25, -0.2) is 14.5 Å². The third-order valence-corrected chi connectivity index (χ3v) is 2.63. The Bertz CT molecular complexity index is 388. The van der Waals surface area contributed by atoms with Gasteiger partial charge in [0.15, 0.2) is 0 Å². The number of hydrogen-bond acceptors (Lipinski definition) is 9. The van der Waals surface area contributed by atoms with Crippen LogP contribution < -0.4 is 0 Å². The summed E-state index contributed by atoms with van der Waals surface area (Å²) >= 11 is 0. The van der Waals surface area contributed by atoms with Gasteiger partial charge in [-0.2, -0.15) is 14.9 Å². The number of rotatable bonds is 6. The summed E-state index contributed by atoms with van der Waals surface area (Å²) in [5.41, 5.74) is -0.611. The summed E-state index contributed by atoms with van der Waals surface area (Å²) in [4.78, 5) is 41.5. The number of carbonyl (C=O) groups excluding carboxylic acids is 2. The van der Waals surface area contributed by atoms with Crippen molar-refractivity contribution < 1.29 is 48.9 Å². The van der Waals surface area contributed by atoms with Gasteiger partial charge in [-0.3, -0.25) is 4.89 Å². The fraction of sp³-hybridized carbons (Fsp3) is 0.800. The topological polar surface area (TPSA) is 138 Å². The van der Waals surface area contributed by atoms with Crippen molar-refractivity contribution in [3.63, 3.8) is 0 Å². The summed E-state index contributed by atoms with van der Waals surface area (Å²) in [6, 6.07) is 0. The highest BCUT2D eigenvalue weighted by Gasteiger charge is 2.16. The minimum absolute atomic E-state index is 0.221. The molecule has 0 aromatic heterocycles. The molecule has 0 spiro atoms. The molecule has 0 saturated carbocycles. The highest BCUT2D eigenvalue weighted by atomic mass is 17.3. The van der Waals surface area contributed by atoms with Crippen molar-refractivity contribution in [2.75, 3.05) is 6.61 Å². The molecule has 2 N–H and O–H groups in total. The minimum atomic E-state index is -1.69. The molecular weight excluding hydrogens is 340 g/mol. The maximum absolute atomic E-state index is 10.8. The van der Waals surface area contributed by atoms with E-state index in [1.54, 1.807) is 20.8 Å². The standard InChI is InChI=1S/C10H18O6.C5H10O4/c1-3-5-6-8(4-2)7-14-10(13)16-15-9(11)12;1-5(2,3)8-4(6)9-7/h8H,3-7H2,1-2H3,(H,11,12);7H,1-3H3. The van der Waals surface area contributed by atoms with Crippen molar-refractivity contribution in [3.8, 4) is 0 Å². The van der Waals surface area contributed by atoms with Crippen LogP contribution in [0.15, 0.2) is 0 Å². The summed E-state index contributed by atoms with van der Waals surface area (Å²) < 4.78 is 9.17. The van der Waals surface area contributed by atoms with Crippen LogP contribution in [0.4, 0.5) is 14.4 Å². The lowest BCUT2D eigenvalue weighted by Crippen LogP contribution is -2.23. The molecule has 25 heavy (non-hydrogen) atoms. The van der Waals surface area contributed by atoms with Crippen LogP contribution in [0.1, 0.15) is 60.3 Å². The monoisotopic (exact) mass is 368 g/mol. The Hall–Kier alpha value is -2.23. The molecular formula is C15H28O10. The Labute approximate surface area is 146 Å². The van der Waals surface area contributed by atoms with Gasteiger partial charge in [0.1, 0.15) is 5.60 Å². The molecule has 148 valence electrons. The number of hydrogen-bond donors (Lipinski definition) is 2. The SMILES string of the molecule is CC(C)(C)OC(=O)OO.CCCCC(CC)COC(=O)OOC(=O)O. The van der Waals surface area contributed by atoms with Crippen LogP contribution in [0, 0.1) is 5.92 Å². The summed E-state index contributed by atoms with van der Waals surface area (Å²) in [7, 11) is 0. The summed E-state index contributed by atoms with van der Waals surface area (Å²) in [5, 5.41) is 15.8. The molecule has 0 aliphatic heterocycles. The van der Waals surface area contributed by atoms with Gasteiger partial charge in [0.2, 0.25) is 0 Å². The fourth-order valence-electron chi connectivity index (χ4n) is 1.45. The fourth-order valence-corrected chi connectivity index (χ4v) is 1.45. The number of carboxylic acid groups (broad SMARTS) is 1. The second-order valence-corrected chi connectivity index (χ2v) is 5.97. The van der Waals surface area contributed by atoms with E-state index >= 15 is 0 Å². The zero-order valence-electron chi connectivity index (χ0n) is 15.3. The molecule has 0 aromatic carbocycles. The number of carbonyl (C=O) groups is 3. The Morgan fingerprint density at radius 1 is 1.04 bits per heavy atom. The Kier molecular flexibility index (Phi) is 14.2. The molecule has 0 saturated heterocycles. The lowest BCUT2D eigenvalue weighted by Gasteiger charge is -2.16. The van der Waals surface area contributed by atoms with Gasteiger partial charge in [0.05, 0.1) is 6.61 Å². The maximum atomic E-state index is 10.8. The molecule has 0 amide bonds. The van der Waals surface area contributed by atoms with Crippen molar-refractivity contribution in [1.29, 1.82) is 0 Å². The predicted octanol–water partition coefficient (Wildman–Crippen LogP) is 4.38. The van der Waals surface area contributed by atoms with E-state index in [9.17, 15) is 14.4 Å². The number of unbranched alkanes of at least 4 members (excludes halogenated alkanes) is 1. The molecule has 0 bridgehead atoms. The Morgan fingerprint density at radius 3 is 2.00 bits per heavy atom. The minimum Gasteiger partial charge on any atom is -0.447 e. The zero-order chi connectivity index (χ0) is 19.9. The van der Waals surface area contributed by atoms with E-state index < -0.39 is 24.1 Å². The van der Waals surface area contributed by atoms with Gasteiger partial charge in [-0.1, -0.05) is 33.1 Å². The molecule has 1 atom stereocenters. The van der Waals surface area contributed by atoms with Crippen molar-refractivity contribution in [2.24, 2.45) is 5.92 Å². The molecule has 0 fully saturated rings. The lowest BCUT2D eigenvalue weighted by molar-refractivity contribution is -0.214. The van der Waals surface area contributed by atoms with Crippen LogP contribution in [0.2, 0.25) is 0 Å². The first kappa shape index (κ1) is 25.0. The maximum Gasteiger partial charge on any atom is 0.550 e. The van der Waals surface area contributed by atoms with Crippen molar-refractivity contribution >= 4 is 18.5 Å².